The van der Waals surface area contributed by atoms with Crippen LogP contribution in [0, 0.1) is 18.6 Å². The molecule has 6 nitrogen and oxygen atoms in total. The van der Waals surface area contributed by atoms with E-state index in [-0.39, 0.29) is 24.0 Å². The Morgan fingerprint density at radius 3 is 2.62 bits per heavy atom. The van der Waals surface area contributed by atoms with Gasteiger partial charge < -0.3 is 15.2 Å². The largest absolute Gasteiger partial charge is 0.356 e. The maximum absolute atomic E-state index is 13.5. The molecule has 0 fully saturated rings. The summed E-state index contributed by atoms with van der Waals surface area (Å²) in [4.78, 5) is 4.08. The van der Waals surface area contributed by atoms with Crippen molar-refractivity contribution in [3.05, 3.63) is 47.0 Å². The van der Waals surface area contributed by atoms with Gasteiger partial charge in [0, 0.05) is 20.6 Å². The first-order chi connectivity index (χ1) is 11.0. The summed E-state index contributed by atoms with van der Waals surface area (Å²) in [6.45, 7) is 2.76. The van der Waals surface area contributed by atoms with Crippen molar-refractivity contribution in [2.45, 2.75) is 19.9 Å². The molecule has 1 heterocycles. The minimum Gasteiger partial charge on any atom is -0.356 e. The highest BCUT2D eigenvalue weighted by molar-refractivity contribution is 14.0. The third kappa shape index (κ3) is 5.39. The number of hydrogen-bond donors (Lipinski definition) is 2. The average molecular weight is 450 g/mol. The van der Waals surface area contributed by atoms with Gasteiger partial charge in [0.25, 0.3) is 0 Å². The number of halogens is 3. The van der Waals surface area contributed by atoms with Gasteiger partial charge in [0.15, 0.2) is 11.8 Å². The quantitative estimate of drug-likeness (QED) is 0.415. The van der Waals surface area contributed by atoms with Crippen LogP contribution in [-0.4, -0.2) is 34.3 Å². The van der Waals surface area contributed by atoms with Crippen molar-refractivity contribution >= 4 is 29.9 Å². The summed E-state index contributed by atoms with van der Waals surface area (Å²) >= 11 is 0. The molecule has 0 radical (unpaired) electrons. The molecule has 0 saturated heterocycles. The summed E-state index contributed by atoms with van der Waals surface area (Å²) in [7, 11) is 3.52. The van der Waals surface area contributed by atoms with E-state index in [1.807, 2.05) is 18.5 Å². The lowest BCUT2D eigenvalue weighted by atomic mass is 10.1. The van der Waals surface area contributed by atoms with Crippen LogP contribution in [0.2, 0.25) is 0 Å². The van der Waals surface area contributed by atoms with E-state index >= 15 is 0 Å². The molecule has 0 atom stereocenters. The fourth-order valence-corrected chi connectivity index (χ4v) is 2.04. The highest BCUT2D eigenvalue weighted by Crippen LogP contribution is 2.09. The fraction of sp³-hybridized carbons (Fsp3) is 0.400. The van der Waals surface area contributed by atoms with E-state index in [0.29, 0.717) is 31.0 Å². The minimum absolute atomic E-state index is 0. The summed E-state index contributed by atoms with van der Waals surface area (Å²) in [5.74, 6) is 1.31. The van der Waals surface area contributed by atoms with E-state index in [2.05, 4.69) is 25.8 Å². The number of hydrogen-bond acceptors (Lipinski definition) is 3. The van der Waals surface area contributed by atoms with Crippen LogP contribution in [0.3, 0.4) is 0 Å². The van der Waals surface area contributed by atoms with Crippen molar-refractivity contribution < 1.29 is 8.78 Å². The van der Waals surface area contributed by atoms with Gasteiger partial charge in [-0.25, -0.2) is 8.78 Å². The van der Waals surface area contributed by atoms with Crippen molar-refractivity contribution in [1.29, 1.82) is 0 Å². The van der Waals surface area contributed by atoms with Gasteiger partial charge in [-0.2, -0.15) is 0 Å². The molecule has 0 bridgehead atoms. The smallest absolute Gasteiger partial charge is 0.191 e. The molecule has 0 aliphatic rings. The van der Waals surface area contributed by atoms with Crippen LogP contribution in [0.4, 0.5) is 8.78 Å². The monoisotopic (exact) mass is 450 g/mol. The van der Waals surface area contributed by atoms with E-state index < -0.39 is 11.6 Å². The SMILES string of the molecule is CN=C(NCCc1cc(F)ccc1F)NCc1nnc(C)n1C.I. The second-order valence-corrected chi connectivity index (χ2v) is 5.06. The Labute approximate surface area is 156 Å². The highest BCUT2D eigenvalue weighted by Gasteiger charge is 2.07. The Hall–Kier alpha value is -1.78. The normalized spacial score (nSPS) is 11.1. The predicted molar refractivity (Wildman–Crippen MR) is 99.4 cm³/mol. The average Bonchev–Trinajstić information content (AvgIpc) is 2.85. The van der Waals surface area contributed by atoms with Gasteiger partial charge in [-0.15, -0.1) is 34.2 Å². The number of aromatic nitrogens is 3. The van der Waals surface area contributed by atoms with E-state index in [1.165, 1.54) is 6.07 Å². The topological polar surface area (TPSA) is 67.1 Å². The number of aliphatic imine (C=N–C) groups is 1. The fourth-order valence-electron chi connectivity index (χ4n) is 2.04. The van der Waals surface area contributed by atoms with Gasteiger partial charge >= 0.3 is 0 Å². The summed E-state index contributed by atoms with van der Waals surface area (Å²) in [6, 6.07) is 3.44. The molecule has 0 spiro atoms. The van der Waals surface area contributed by atoms with Gasteiger partial charge in [0.05, 0.1) is 6.54 Å². The highest BCUT2D eigenvalue weighted by atomic mass is 127. The van der Waals surface area contributed by atoms with Crippen molar-refractivity contribution in [1.82, 2.24) is 25.4 Å². The van der Waals surface area contributed by atoms with E-state index in [0.717, 1.165) is 23.8 Å². The molecular formula is C15H21F2IN6. The predicted octanol–water partition coefficient (Wildman–Crippen LogP) is 1.93. The molecule has 2 aromatic rings. The Morgan fingerprint density at radius 1 is 1.25 bits per heavy atom. The first-order valence-corrected chi connectivity index (χ1v) is 7.24. The van der Waals surface area contributed by atoms with Gasteiger partial charge in [-0.05, 0) is 37.1 Å². The Morgan fingerprint density at radius 2 is 2.00 bits per heavy atom. The number of nitrogens with zero attached hydrogens (tertiary/aromatic N) is 4. The van der Waals surface area contributed by atoms with E-state index in [9.17, 15) is 8.78 Å². The van der Waals surface area contributed by atoms with Gasteiger partial charge in [0.2, 0.25) is 0 Å². The van der Waals surface area contributed by atoms with Gasteiger partial charge in [0.1, 0.15) is 17.5 Å². The van der Waals surface area contributed by atoms with Crippen molar-refractivity contribution in [3.63, 3.8) is 0 Å². The van der Waals surface area contributed by atoms with Gasteiger partial charge in [-0.3, -0.25) is 4.99 Å². The van der Waals surface area contributed by atoms with Crippen LogP contribution in [-0.2, 0) is 20.0 Å². The summed E-state index contributed by atoms with van der Waals surface area (Å²) < 4.78 is 28.5. The Kier molecular flexibility index (Phi) is 8.02. The number of benzene rings is 1. The maximum atomic E-state index is 13.5. The molecule has 2 rings (SSSR count). The maximum Gasteiger partial charge on any atom is 0.191 e. The van der Waals surface area contributed by atoms with Gasteiger partial charge in [-0.1, -0.05) is 0 Å². The molecule has 0 amide bonds. The molecule has 1 aromatic heterocycles. The summed E-state index contributed by atoms with van der Waals surface area (Å²) in [6.07, 6.45) is 0.355. The molecule has 24 heavy (non-hydrogen) atoms. The number of guanidine groups is 1. The molecule has 1 aromatic carbocycles. The van der Waals surface area contributed by atoms with Crippen LogP contribution in [0.1, 0.15) is 17.2 Å². The second kappa shape index (κ2) is 9.50. The molecule has 132 valence electrons. The van der Waals surface area contributed by atoms with Crippen molar-refractivity contribution in [2.75, 3.05) is 13.6 Å². The van der Waals surface area contributed by atoms with Crippen LogP contribution in [0.15, 0.2) is 23.2 Å². The van der Waals surface area contributed by atoms with Crippen molar-refractivity contribution in [3.8, 4) is 0 Å². The number of rotatable bonds is 5. The number of nitrogens with one attached hydrogen (secondary N) is 2. The zero-order valence-corrected chi connectivity index (χ0v) is 16.1. The lowest BCUT2D eigenvalue weighted by molar-refractivity contribution is 0.583. The second-order valence-electron chi connectivity index (χ2n) is 5.06. The lowest BCUT2D eigenvalue weighted by Crippen LogP contribution is -2.38. The molecule has 0 unspecified atom stereocenters. The third-order valence-electron chi connectivity index (χ3n) is 3.51. The number of aryl methyl sites for hydroxylation is 1. The van der Waals surface area contributed by atoms with Crippen LogP contribution >= 0.6 is 24.0 Å². The van der Waals surface area contributed by atoms with Crippen molar-refractivity contribution in [2.24, 2.45) is 12.0 Å². The lowest BCUT2D eigenvalue weighted by Gasteiger charge is -2.12. The van der Waals surface area contributed by atoms with E-state index in [1.54, 1.807) is 7.05 Å². The molecule has 0 aliphatic carbocycles. The Balaban J connectivity index is 0.00000288. The zero-order valence-electron chi connectivity index (χ0n) is 13.8. The van der Waals surface area contributed by atoms with Crippen LogP contribution in [0.5, 0.6) is 0 Å². The first kappa shape index (κ1) is 20.3. The zero-order chi connectivity index (χ0) is 16.8. The Bertz CT molecular complexity index is 701. The molecule has 0 aliphatic heterocycles. The molecule has 9 heteroatoms. The third-order valence-corrected chi connectivity index (χ3v) is 3.51. The minimum atomic E-state index is -0.443. The summed E-state index contributed by atoms with van der Waals surface area (Å²) in [5.41, 5.74) is 0.330. The van der Waals surface area contributed by atoms with Crippen LogP contribution in [0.25, 0.3) is 0 Å². The summed E-state index contributed by atoms with van der Waals surface area (Å²) in [5, 5.41) is 14.2. The standard InChI is InChI=1S/C15H20F2N6.HI/c1-10-21-22-14(23(10)3)9-20-15(18-2)19-7-6-11-8-12(16)4-5-13(11)17;/h4-5,8H,6-7,9H2,1-3H3,(H2,18,19,20);1H. The van der Waals surface area contributed by atoms with E-state index in [4.69, 9.17) is 0 Å². The molecular weight excluding hydrogens is 429 g/mol. The molecule has 0 saturated carbocycles. The molecule has 2 N–H and O–H groups in total. The van der Waals surface area contributed by atoms with Crippen LogP contribution < -0.4 is 10.6 Å². The first-order valence-electron chi connectivity index (χ1n) is 7.24.